The van der Waals surface area contributed by atoms with Crippen LogP contribution in [0.4, 0.5) is 4.39 Å². The van der Waals surface area contributed by atoms with E-state index in [-0.39, 0.29) is 5.56 Å². The molecule has 0 aliphatic carbocycles. The van der Waals surface area contributed by atoms with Crippen molar-refractivity contribution in [2.45, 2.75) is 77.7 Å². The van der Waals surface area contributed by atoms with E-state index in [2.05, 4.69) is 24.0 Å². The average Bonchev–Trinajstić information content (AvgIpc) is 2.87. The molecule has 0 aliphatic heterocycles. The average molecular weight is 459 g/mol. The molecule has 0 fully saturated rings. The molecule has 0 amide bonds. The van der Waals surface area contributed by atoms with Crippen molar-refractivity contribution in [3.8, 4) is 23.1 Å². The first kappa shape index (κ1) is 25.4. The predicted octanol–water partition coefficient (Wildman–Crippen LogP) is 8.41. The number of benzene rings is 2. The molecule has 2 aromatic carbocycles. The maximum atomic E-state index is 13.7. The van der Waals surface area contributed by atoms with E-state index in [9.17, 15) is 4.39 Å². The summed E-state index contributed by atoms with van der Waals surface area (Å²) in [5.74, 6) is -0.160. The van der Waals surface area contributed by atoms with Crippen molar-refractivity contribution in [1.82, 2.24) is 4.98 Å². The summed E-state index contributed by atoms with van der Waals surface area (Å²) in [5, 5.41) is 8.81. The lowest BCUT2D eigenvalue weighted by Crippen LogP contribution is -1.96. The van der Waals surface area contributed by atoms with E-state index in [1.165, 1.54) is 75.5 Å². The highest BCUT2D eigenvalue weighted by atomic mass is 19.1. The summed E-state index contributed by atoms with van der Waals surface area (Å²) < 4.78 is 19.4. The molecule has 0 aliphatic rings. The highest BCUT2D eigenvalue weighted by Gasteiger charge is 2.05. The number of unbranched alkanes of at least 4 members (excludes halogenated alkanes) is 8. The third-order valence-electron chi connectivity index (χ3n) is 6.11. The Bertz CT molecular complexity index is 1040. The summed E-state index contributed by atoms with van der Waals surface area (Å²) in [6.45, 7) is 2.59. The summed E-state index contributed by atoms with van der Waals surface area (Å²) in [6, 6.07) is 18.4. The second kappa shape index (κ2) is 14.2. The number of hydrogen-bond acceptors (Lipinski definition) is 3. The van der Waals surface area contributed by atoms with Crippen LogP contribution >= 0.6 is 0 Å². The van der Waals surface area contributed by atoms with Crippen molar-refractivity contribution in [3.63, 3.8) is 0 Å². The standard InChI is InChI=1S/C30H35FN2O/c1-2-3-4-5-6-7-8-9-10-11-24-14-19-30(33-22-24)26-15-12-25(13-16-26)23-34-28-18-17-27(21-32)29(31)20-28/h12-20,22H,2-11,23H2,1H3. The minimum absolute atomic E-state index is 0.0170. The lowest BCUT2D eigenvalue weighted by Gasteiger charge is -2.08. The Hall–Kier alpha value is -3.19. The van der Waals surface area contributed by atoms with Gasteiger partial charge >= 0.3 is 0 Å². The van der Waals surface area contributed by atoms with Crippen molar-refractivity contribution < 1.29 is 9.13 Å². The van der Waals surface area contributed by atoms with Gasteiger partial charge in [-0.15, -0.1) is 0 Å². The van der Waals surface area contributed by atoms with Crippen molar-refractivity contribution in [2.24, 2.45) is 0 Å². The molecule has 0 bridgehead atoms. The summed E-state index contributed by atoms with van der Waals surface area (Å²) in [5.41, 5.74) is 4.31. The number of hydrogen-bond donors (Lipinski definition) is 0. The second-order valence-corrected chi connectivity index (χ2v) is 8.87. The molecular formula is C30H35FN2O. The molecule has 0 saturated carbocycles. The SMILES string of the molecule is CCCCCCCCCCCc1ccc(-c2ccc(COc3ccc(C#N)c(F)c3)cc2)nc1. The van der Waals surface area contributed by atoms with E-state index in [0.29, 0.717) is 12.4 Å². The van der Waals surface area contributed by atoms with E-state index in [1.54, 1.807) is 6.07 Å². The Kier molecular flexibility index (Phi) is 10.6. The van der Waals surface area contributed by atoms with Gasteiger partial charge in [-0.25, -0.2) is 4.39 Å². The number of pyridine rings is 1. The van der Waals surface area contributed by atoms with E-state index < -0.39 is 5.82 Å². The molecule has 0 N–H and O–H groups in total. The number of nitrogens with zero attached hydrogens (tertiary/aromatic N) is 2. The van der Waals surface area contributed by atoms with Gasteiger partial charge in [0.05, 0.1) is 11.3 Å². The maximum Gasteiger partial charge on any atom is 0.144 e. The zero-order valence-electron chi connectivity index (χ0n) is 20.2. The van der Waals surface area contributed by atoms with Crippen LogP contribution in [0.3, 0.4) is 0 Å². The molecule has 34 heavy (non-hydrogen) atoms. The van der Waals surface area contributed by atoms with Gasteiger partial charge in [0.2, 0.25) is 0 Å². The number of halogens is 1. The van der Waals surface area contributed by atoms with Gasteiger partial charge in [-0.05, 0) is 42.2 Å². The lowest BCUT2D eigenvalue weighted by atomic mass is 10.0. The molecule has 0 saturated heterocycles. The molecular weight excluding hydrogens is 423 g/mol. The fraction of sp³-hybridized carbons (Fsp3) is 0.400. The molecule has 0 radical (unpaired) electrons. The van der Waals surface area contributed by atoms with Gasteiger partial charge < -0.3 is 4.74 Å². The van der Waals surface area contributed by atoms with E-state index in [1.807, 2.05) is 36.5 Å². The largest absolute Gasteiger partial charge is 0.489 e. The summed E-state index contributed by atoms with van der Waals surface area (Å²) >= 11 is 0. The van der Waals surface area contributed by atoms with Gasteiger partial charge in [-0.1, -0.05) is 88.6 Å². The lowest BCUT2D eigenvalue weighted by molar-refractivity contribution is 0.304. The van der Waals surface area contributed by atoms with Gasteiger partial charge in [0.25, 0.3) is 0 Å². The number of ether oxygens (including phenoxy) is 1. The molecule has 1 heterocycles. The molecule has 3 nitrogen and oxygen atoms in total. The highest BCUT2D eigenvalue weighted by Crippen LogP contribution is 2.21. The zero-order chi connectivity index (χ0) is 24.0. The molecule has 3 aromatic rings. The van der Waals surface area contributed by atoms with Crippen molar-refractivity contribution in [2.75, 3.05) is 0 Å². The Balaban J connectivity index is 1.40. The quantitative estimate of drug-likeness (QED) is 0.228. The monoisotopic (exact) mass is 458 g/mol. The Morgan fingerprint density at radius 1 is 0.824 bits per heavy atom. The summed E-state index contributed by atoms with van der Waals surface area (Å²) in [4.78, 5) is 4.66. The number of rotatable bonds is 14. The van der Waals surface area contributed by atoms with E-state index >= 15 is 0 Å². The van der Waals surface area contributed by atoms with Crippen LogP contribution in [0.2, 0.25) is 0 Å². The number of nitriles is 1. The van der Waals surface area contributed by atoms with Crippen molar-refractivity contribution in [1.29, 1.82) is 5.26 Å². The topological polar surface area (TPSA) is 45.9 Å². The Morgan fingerprint density at radius 3 is 2.12 bits per heavy atom. The van der Waals surface area contributed by atoms with Gasteiger partial charge in [0.15, 0.2) is 0 Å². The zero-order valence-corrected chi connectivity index (χ0v) is 20.2. The minimum atomic E-state index is -0.567. The van der Waals surface area contributed by atoms with Crippen LogP contribution in [-0.2, 0) is 13.0 Å². The van der Waals surface area contributed by atoms with Crippen LogP contribution in [0.5, 0.6) is 5.75 Å². The number of aryl methyl sites for hydroxylation is 1. The van der Waals surface area contributed by atoms with Gasteiger partial charge in [-0.3, -0.25) is 4.98 Å². The fourth-order valence-corrected chi connectivity index (χ4v) is 4.00. The molecule has 0 spiro atoms. The second-order valence-electron chi connectivity index (χ2n) is 8.87. The molecule has 3 rings (SSSR count). The van der Waals surface area contributed by atoms with Crippen molar-refractivity contribution in [3.05, 3.63) is 83.3 Å². The normalized spacial score (nSPS) is 10.7. The first-order valence-electron chi connectivity index (χ1n) is 12.6. The third-order valence-corrected chi connectivity index (χ3v) is 6.11. The minimum Gasteiger partial charge on any atom is -0.489 e. The summed E-state index contributed by atoms with van der Waals surface area (Å²) in [6.07, 6.45) is 15.2. The highest BCUT2D eigenvalue weighted by molar-refractivity contribution is 5.59. The Labute approximate surface area is 203 Å². The molecule has 1 aromatic heterocycles. The van der Waals surface area contributed by atoms with Gasteiger partial charge in [-0.2, -0.15) is 5.26 Å². The summed E-state index contributed by atoms with van der Waals surface area (Å²) in [7, 11) is 0. The maximum absolute atomic E-state index is 13.7. The molecule has 4 heteroatoms. The first-order chi connectivity index (χ1) is 16.7. The smallest absolute Gasteiger partial charge is 0.144 e. The van der Waals surface area contributed by atoms with E-state index in [0.717, 1.165) is 23.2 Å². The molecule has 0 unspecified atom stereocenters. The predicted molar refractivity (Wildman–Crippen MR) is 136 cm³/mol. The van der Waals surface area contributed by atoms with Crippen LogP contribution in [0, 0.1) is 17.1 Å². The third kappa shape index (κ3) is 8.30. The number of aromatic nitrogens is 1. The van der Waals surface area contributed by atoms with Crippen molar-refractivity contribution >= 4 is 0 Å². The Morgan fingerprint density at radius 2 is 1.50 bits per heavy atom. The van der Waals surface area contributed by atoms with Gasteiger partial charge in [0, 0.05) is 17.8 Å². The van der Waals surface area contributed by atoms with Crippen LogP contribution in [0.15, 0.2) is 60.8 Å². The van der Waals surface area contributed by atoms with Crippen LogP contribution in [0.25, 0.3) is 11.3 Å². The van der Waals surface area contributed by atoms with Gasteiger partial charge in [0.1, 0.15) is 24.2 Å². The van der Waals surface area contributed by atoms with Crippen LogP contribution < -0.4 is 4.74 Å². The first-order valence-corrected chi connectivity index (χ1v) is 12.6. The fourth-order valence-electron chi connectivity index (χ4n) is 4.00. The van der Waals surface area contributed by atoms with E-state index in [4.69, 9.17) is 10.00 Å². The molecule has 178 valence electrons. The molecule has 0 atom stereocenters. The van der Waals surface area contributed by atoms with Crippen LogP contribution in [0.1, 0.15) is 81.4 Å². The van der Waals surface area contributed by atoms with Crippen LogP contribution in [-0.4, -0.2) is 4.98 Å².